The topological polar surface area (TPSA) is 34.9 Å². The van der Waals surface area contributed by atoms with E-state index in [1.165, 1.54) is 0 Å². The van der Waals surface area contributed by atoms with E-state index >= 15 is 0 Å². The molecular formula is C16H13ClN2O. The normalized spacial score (nSPS) is 10.9. The molecular weight excluding hydrogens is 272 g/mol. The molecule has 20 heavy (non-hydrogen) atoms. The minimum Gasteiger partial charge on any atom is -0.294 e. The Hall–Kier alpha value is -2.13. The number of nitrogens with zero attached hydrogens (tertiary/aromatic N) is 2. The molecule has 0 saturated heterocycles. The van der Waals surface area contributed by atoms with Crippen LogP contribution in [0.15, 0.2) is 53.6 Å². The van der Waals surface area contributed by atoms with E-state index < -0.39 is 0 Å². The Kier molecular flexibility index (Phi) is 3.28. The summed E-state index contributed by atoms with van der Waals surface area (Å²) in [5.74, 6) is 0. The van der Waals surface area contributed by atoms with Gasteiger partial charge in [-0.2, -0.15) is 0 Å². The summed E-state index contributed by atoms with van der Waals surface area (Å²) < 4.78 is 1.61. The lowest BCUT2D eigenvalue weighted by atomic mass is 10.1. The van der Waals surface area contributed by atoms with Crippen molar-refractivity contribution in [3.63, 3.8) is 0 Å². The number of benzene rings is 2. The van der Waals surface area contributed by atoms with E-state index in [4.69, 9.17) is 11.6 Å². The minimum atomic E-state index is -0.0687. The largest absolute Gasteiger partial charge is 0.294 e. The molecule has 1 aromatic heterocycles. The highest BCUT2D eigenvalue weighted by Crippen LogP contribution is 2.15. The van der Waals surface area contributed by atoms with Crippen molar-refractivity contribution in [1.82, 2.24) is 9.55 Å². The number of fused-ring (bicyclic) bond motifs is 1. The first kappa shape index (κ1) is 12.9. The monoisotopic (exact) mass is 284 g/mol. The lowest BCUT2D eigenvalue weighted by molar-refractivity contribution is 0.744. The zero-order valence-corrected chi connectivity index (χ0v) is 11.8. The molecule has 0 saturated carbocycles. The molecule has 3 nitrogen and oxygen atoms in total. The second-order valence-electron chi connectivity index (χ2n) is 4.77. The molecule has 3 aromatic rings. The fourth-order valence-electron chi connectivity index (χ4n) is 2.21. The van der Waals surface area contributed by atoms with Crippen LogP contribution in [0.1, 0.15) is 11.1 Å². The van der Waals surface area contributed by atoms with Gasteiger partial charge in [0.2, 0.25) is 0 Å². The number of hydrogen-bond acceptors (Lipinski definition) is 2. The molecule has 1 heterocycles. The van der Waals surface area contributed by atoms with Crippen molar-refractivity contribution in [2.75, 3.05) is 0 Å². The molecule has 100 valence electrons. The average molecular weight is 285 g/mol. The van der Waals surface area contributed by atoms with Crippen LogP contribution in [-0.2, 0) is 6.54 Å². The van der Waals surface area contributed by atoms with Gasteiger partial charge in [-0.05, 0) is 36.2 Å². The quantitative estimate of drug-likeness (QED) is 0.723. The summed E-state index contributed by atoms with van der Waals surface area (Å²) in [5.41, 5.74) is 2.87. The molecule has 4 heteroatoms. The molecule has 0 aliphatic rings. The van der Waals surface area contributed by atoms with E-state index in [1.807, 2.05) is 31.2 Å². The van der Waals surface area contributed by atoms with Crippen molar-refractivity contribution >= 4 is 22.5 Å². The van der Waals surface area contributed by atoms with Gasteiger partial charge in [0.25, 0.3) is 5.56 Å². The first-order valence-electron chi connectivity index (χ1n) is 6.34. The summed E-state index contributed by atoms with van der Waals surface area (Å²) in [5, 5.41) is 1.10. The third-order valence-corrected chi connectivity index (χ3v) is 3.62. The van der Waals surface area contributed by atoms with Gasteiger partial charge in [-0.15, -0.1) is 0 Å². The Morgan fingerprint density at radius 1 is 1.20 bits per heavy atom. The van der Waals surface area contributed by atoms with Gasteiger partial charge in [0.1, 0.15) is 0 Å². The maximum absolute atomic E-state index is 12.5. The average Bonchev–Trinajstić information content (AvgIpc) is 2.45. The van der Waals surface area contributed by atoms with E-state index in [-0.39, 0.29) is 5.56 Å². The molecule has 0 amide bonds. The standard InChI is InChI=1S/C16H13ClN2O/c1-11-4-2-3-5-12(11)9-19-10-18-15-7-6-13(17)8-14(15)16(19)20/h2-8,10H,9H2,1H3. The number of rotatable bonds is 2. The predicted octanol–water partition coefficient (Wildman–Crippen LogP) is 3.41. The summed E-state index contributed by atoms with van der Waals surface area (Å²) in [6.45, 7) is 2.55. The van der Waals surface area contributed by atoms with E-state index in [0.717, 1.165) is 11.1 Å². The molecule has 0 atom stereocenters. The second-order valence-corrected chi connectivity index (χ2v) is 5.20. The molecule has 0 aliphatic carbocycles. The minimum absolute atomic E-state index is 0.0687. The Balaban J connectivity index is 2.11. The zero-order valence-electron chi connectivity index (χ0n) is 11.0. The SMILES string of the molecule is Cc1ccccc1Cn1cnc2ccc(Cl)cc2c1=O. The van der Waals surface area contributed by atoms with Gasteiger partial charge in [0.15, 0.2) is 0 Å². The van der Waals surface area contributed by atoms with Crippen molar-refractivity contribution in [3.05, 3.63) is 75.3 Å². The van der Waals surface area contributed by atoms with Crippen LogP contribution in [0.2, 0.25) is 5.02 Å². The maximum atomic E-state index is 12.5. The van der Waals surface area contributed by atoms with Crippen molar-refractivity contribution in [2.24, 2.45) is 0 Å². The fraction of sp³-hybridized carbons (Fsp3) is 0.125. The van der Waals surface area contributed by atoms with Crippen LogP contribution in [0.4, 0.5) is 0 Å². The first-order valence-corrected chi connectivity index (χ1v) is 6.72. The Morgan fingerprint density at radius 2 is 2.00 bits per heavy atom. The predicted molar refractivity (Wildman–Crippen MR) is 81.3 cm³/mol. The van der Waals surface area contributed by atoms with E-state index in [1.54, 1.807) is 29.1 Å². The van der Waals surface area contributed by atoms with E-state index in [2.05, 4.69) is 4.98 Å². The Labute approximate surface area is 121 Å². The smallest absolute Gasteiger partial charge is 0.261 e. The van der Waals surface area contributed by atoms with E-state index in [9.17, 15) is 4.79 Å². The molecule has 0 aliphatic heterocycles. The van der Waals surface area contributed by atoms with Crippen molar-refractivity contribution in [1.29, 1.82) is 0 Å². The third-order valence-electron chi connectivity index (χ3n) is 3.39. The van der Waals surface area contributed by atoms with Crippen LogP contribution in [0.5, 0.6) is 0 Å². The molecule has 0 spiro atoms. The van der Waals surface area contributed by atoms with Crippen LogP contribution >= 0.6 is 11.6 Å². The highest BCUT2D eigenvalue weighted by Gasteiger charge is 2.06. The fourth-order valence-corrected chi connectivity index (χ4v) is 2.39. The van der Waals surface area contributed by atoms with Gasteiger partial charge in [0.05, 0.1) is 23.8 Å². The van der Waals surface area contributed by atoms with E-state index in [0.29, 0.717) is 22.5 Å². The van der Waals surface area contributed by atoms with Crippen LogP contribution in [0.3, 0.4) is 0 Å². The number of aromatic nitrogens is 2. The van der Waals surface area contributed by atoms with Crippen molar-refractivity contribution in [3.8, 4) is 0 Å². The summed E-state index contributed by atoms with van der Waals surface area (Å²) in [7, 11) is 0. The highest BCUT2D eigenvalue weighted by molar-refractivity contribution is 6.31. The summed E-state index contributed by atoms with van der Waals surface area (Å²) in [6.07, 6.45) is 1.59. The number of aryl methyl sites for hydroxylation is 1. The van der Waals surface area contributed by atoms with Crippen molar-refractivity contribution in [2.45, 2.75) is 13.5 Å². The first-order chi connectivity index (χ1) is 9.65. The van der Waals surface area contributed by atoms with Gasteiger partial charge in [-0.25, -0.2) is 4.98 Å². The van der Waals surface area contributed by atoms with Crippen LogP contribution in [0.25, 0.3) is 10.9 Å². The second kappa shape index (κ2) is 5.10. The number of hydrogen-bond donors (Lipinski definition) is 0. The Bertz CT molecular complexity index is 839. The van der Waals surface area contributed by atoms with Gasteiger partial charge >= 0.3 is 0 Å². The van der Waals surface area contributed by atoms with Crippen LogP contribution in [0, 0.1) is 6.92 Å². The maximum Gasteiger partial charge on any atom is 0.261 e. The van der Waals surface area contributed by atoms with Crippen molar-refractivity contribution < 1.29 is 0 Å². The summed E-state index contributed by atoms with van der Waals surface area (Å²) in [4.78, 5) is 16.8. The molecule has 3 rings (SSSR count). The van der Waals surface area contributed by atoms with Gasteiger partial charge in [0, 0.05) is 5.02 Å². The number of halogens is 1. The van der Waals surface area contributed by atoms with Gasteiger partial charge < -0.3 is 0 Å². The lowest BCUT2D eigenvalue weighted by Crippen LogP contribution is -2.21. The molecule has 0 N–H and O–H groups in total. The van der Waals surface area contributed by atoms with Crippen LogP contribution in [-0.4, -0.2) is 9.55 Å². The van der Waals surface area contributed by atoms with Gasteiger partial charge in [-0.3, -0.25) is 9.36 Å². The molecule has 0 fully saturated rings. The molecule has 0 radical (unpaired) electrons. The van der Waals surface area contributed by atoms with Gasteiger partial charge in [-0.1, -0.05) is 35.9 Å². The highest BCUT2D eigenvalue weighted by atomic mass is 35.5. The Morgan fingerprint density at radius 3 is 2.80 bits per heavy atom. The van der Waals surface area contributed by atoms with Crippen LogP contribution < -0.4 is 5.56 Å². The summed E-state index contributed by atoms with van der Waals surface area (Å²) in [6, 6.07) is 13.2. The lowest BCUT2D eigenvalue weighted by Gasteiger charge is -2.09. The third kappa shape index (κ3) is 2.32. The summed E-state index contributed by atoms with van der Waals surface area (Å²) >= 11 is 5.95. The molecule has 2 aromatic carbocycles. The zero-order chi connectivity index (χ0) is 14.1. The molecule has 0 bridgehead atoms. The molecule has 0 unspecified atom stereocenters.